The lowest BCUT2D eigenvalue weighted by atomic mass is 10.0. The van der Waals surface area contributed by atoms with Crippen LogP contribution in [-0.4, -0.2) is 15.6 Å². The zero-order chi connectivity index (χ0) is 19.6. The summed E-state index contributed by atoms with van der Waals surface area (Å²) in [6, 6.07) is 18.9. The van der Waals surface area contributed by atoms with Gasteiger partial charge in [0.25, 0.3) is 0 Å². The Hall–Kier alpha value is -2.85. The summed E-state index contributed by atoms with van der Waals surface area (Å²) >= 11 is 2.29. The maximum Gasteiger partial charge on any atom is 0.335 e. The van der Waals surface area contributed by atoms with Crippen LogP contribution in [0.2, 0.25) is 0 Å². The van der Waals surface area contributed by atoms with Crippen LogP contribution in [0.3, 0.4) is 0 Å². The predicted octanol–water partition coefficient (Wildman–Crippen LogP) is 5.46. The van der Waals surface area contributed by atoms with E-state index in [4.69, 9.17) is 5.11 Å². The van der Waals surface area contributed by atoms with E-state index in [0.717, 1.165) is 26.2 Å². The highest BCUT2D eigenvalue weighted by atomic mass is 127. The molecule has 0 saturated carbocycles. The topological polar surface area (TPSA) is 66.0 Å². The molecule has 3 aromatic rings. The highest BCUT2D eigenvalue weighted by molar-refractivity contribution is 14.1. The maximum atomic E-state index is 11.0. The maximum absolute atomic E-state index is 11.0. The molecule has 0 atom stereocenters. The van der Waals surface area contributed by atoms with Crippen molar-refractivity contribution in [1.82, 2.24) is 4.57 Å². The van der Waals surface area contributed by atoms with Crippen LogP contribution in [0.4, 0.5) is 0 Å². The number of rotatable bonds is 4. The van der Waals surface area contributed by atoms with Gasteiger partial charge in [-0.05, 0) is 90.0 Å². The van der Waals surface area contributed by atoms with Crippen LogP contribution in [0.25, 0.3) is 17.3 Å². The van der Waals surface area contributed by atoms with Crippen molar-refractivity contribution < 1.29 is 9.90 Å². The van der Waals surface area contributed by atoms with Crippen molar-refractivity contribution in [2.75, 3.05) is 0 Å². The number of benzene rings is 2. The zero-order valence-electron chi connectivity index (χ0n) is 14.9. The van der Waals surface area contributed by atoms with Crippen LogP contribution >= 0.6 is 22.6 Å². The van der Waals surface area contributed by atoms with Gasteiger partial charge in [0.2, 0.25) is 0 Å². The number of allylic oxidation sites excluding steroid dienone is 1. The van der Waals surface area contributed by atoms with Gasteiger partial charge in [0.15, 0.2) is 0 Å². The Bertz CT molecular complexity index is 1090. The lowest BCUT2D eigenvalue weighted by molar-refractivity contribution is 0.0697. The Kier molecular flexibility index (Phi) is 5.47. The van der Waals surface area contributed by atoms with Gasteiger partial charge in [-0.1, -0.05) is 18.2 Å². The first-order valence-electron chi connectivity index (χ1n) is 8.31. The van der Waals surface area contributed by atoms with E-state index in [0.29, 0.717) is 11.1 Å². The molecule has 0 unspecified atom stereocenters. The molecule has 3 rings (SSSR count). The molecule has 0 radical (unpaired) electrons. The van der Waals surface area contributed by atoms with Crippen molar-refractivity contribution >= 4 is 40.2 Å². The van der Waals surface area contributed by atoms with Gasteiger partial charge in [0.1, 0.15) is 0 Å². The number of nitrogens with zero attached hydrogens (tertiary/aromatic N) is 2. The van der Waals surface area contributed by atoms with Crippen LogP contribution in [0, 0.1) is 28.7 Å². The van der Waals surface area contributed by atoms with Crippen LogP contribution in [-0.2, 0) is 0 Å². The Morgan fingerprint density at radius 2 is 1.78 bits per heavy atom. The SMILES string of the molecule is Cc1cc(/C=C(/C#N)c2ccc(C(=O)O)cc2)c(C)n1-c1cccc(I)c1. The summed E-state index contributed by atoms with van der Waals surface area (Å²) in [7, 11) is 0. The number of aryl methyl sites for hydroxylation is 1. The predicted molar refractivity (Wildman–Crippen MR) is 115 cm³/mol. The molecular weight excluding hydrogens is 451 g/mol. The molecule has 0 bridgehead atoms. The van der Waals surface area contributed by atoms with Gasteiger partial charge in [-0.25, -0.2) is 4.79 Å². The van der Waals surface area contributed by atoms with Crippen LogP contribution in [0.5, 0.6) is 0 Å². The molecule has 0 amide bonds. The summed E-state index contributed by atoms with van der Waals surface area (Å²) in [4.78, 5) is 11.0. The fourth-order valence-corrected chi connectivity index (χ4v) is 3.60. The minimum atomic E-state index is -0.981. The van der Waals surface area contributed by atoms with E-state index >= 15 is 0 Å². The first-order chi connectivity index (χ1) is 12.9. The largest absolute Gasteiger partial charge is 0.478 e. The van der Waals surface area contributed by atoms with Gasteiger partial charge < -0.3 is 9.67 Å². The van der Waals surface area contributed by atoms with Crippen LogP contribution in [0.15, 0.2) is 54.6 Å². The zero-order valence-corrected chi connectivity index (χ0v) is 17.1. The molecular formula is C22H17IN2O2. The molecule has 1 N–H and O–H groups in total. The van der Waals surface area contributed by atoms with E-state index < -0.39 is 5.97 Å². The molecule has 5 heteroatoms. The molecule has 1 aromatic heterocycles. The number of hydrogen-bond acceptors (Lipinski definition) is 2. The lowest BCUT2D eigenvalue weighted by Crippen LogP contribution is -1.99. The van der Waals surface area contributed by atoms with Gasteiger partial charge in [-0.2, -0.15) is 5.26 Å². The molecule has 0 aliphatic rings. The minimum Gasteiger partial charge on any atom is -0.478 e. The molecule has 0 saturated heterocycles. The number of carboxylic acids is 1. The summed E-state index contributed by atoms with van der Waals surface area (Å²) < 4.78 is 3.32. The second-order valence-electron chi connectivity index (χ2n) is 6.19. The molecule has 2 aromatic carbocycles. The minimum absolute atomic E-state index is 0.202. The van der Waals surface area contributed by atoms with E-state index in [1.807, 2.05) is 32.1 Å². The molecule has 0 aliphatic heterocycles. The number of carboxylic acid groups (broad SMARTS) is 1. The molecule has 0 spiro atoms. The van der Waals surface area contributed by atoms with Crippen molar-refractivity contribution in [3.8, 4) is 11.8 Å². The summed E-state index contributed by atoms with van der Waals surface area (Å²) in [5, 5.41) is 18.6. The highest BCUT2D eigenvalue weighted by Crippen LogP contribution is 2.26. The number of aromatic nitrogens is 1. The first kappa shape index (κ1) is 18.9. The average Bonchev–Trinajstić information content (AvgIpc) is 2.93. The molecule has 0 aliphatic carbocycles. The smallest absolute Gasteiger partial charge is 0.335 e. The number of halogens is 1. The number of nitriles is 1. The second-order valence-corrected chi connectivity index (χ2v) is 7.44. The molecule has 134 valence electrons. The molecule has 0 fully saturated rings. The Labute approximate surface area is 171 Å². The Morgan fingerprint density at radius 1 is 1.11 bits per heavy atom. The fourth-order valence-electron chi connectivity index (χ4n) is 3.07. The van der Waals surface area contributed by atoms with Crippen molar-refractivity contribution in [2.24, 2.45) is 0 Å². The monoisotopic (exact) mass is 468 g/mol. The number of aromatic carboxylic acids is 1. The van der Waals surface area contributed by atoms with Crippen LogP contribution in [0.1, 0.15) is 32.9 Å². The van der Waals surface area contributed by atoms with Crippen molar-refractivity contribution in [1.29, 1.82) is 5.26 Å². The summed E-state index contributed by atoms with van der Waals surface area (Å²) in [6.45, 7) is 4.07. The van der Waals surface area contributed by atoms with Gasteiger partial charge >= 0.3 is 5.97 Å². The lowest BCUT2D eigenvalue weighted by Gasteiger charge is -2.10. The van der Waals surface area contributed by atoms with Gasteiger partial charge in [0, 0.05) is 20.6 Å². The van der Waals surface area contributed by atoms with Gasteiger partial charge in [-0.3, -0.25) is 0 Å². The van der Waals surface area contributed by atoms with E-state index in [1.165, 1.54) is 12.1 Å². The van der Waals surface area contributed by atoms with Gasteiger partial charge in [-0.15, -0.1) is 0 Å². The molecule has 1 heterocycles. The van der Waals surface area contributed by atoms with E-state index in [9.17, 15) is 10.1 Å². The van der Waals surface area contributed by atoms with Crippen molar-refractivity contribution in [3.05, 3.63) is 86.2 Å². The standard InChI is InChI=1S/C22H17IN2O2/c1-14-10-18(15(2)25(14)21-5-3-4-20(23)12-21)11-19(13-24)16-6-8-17(9-7-16)22(26)27/h3-12H,1-2H3,(H,26,27)/b19-11-. The van der Waals surface area contributed by atoms with Crippen molar-refractivity contribution in [3.63, 3.8) is 0 Å². The third-order valence-corrected chi connectivity index (χ3v) is 5.07. The fraction of sp³-hybridized carbons (Fsp3) is 0.0909. The summed E-state index contributed by atoms with van der Waals surface area (Å²) in [6.07, 6.45) is 1.85. The third kappa shape index (κ3) is 3.96. The van der Waals surface area contributed by atoms with Crippen molar-refractivity contribution in [2.45, 2.75) is 13.8 Å². The van der Waals surface area contributed by atoms with E-state index in [2.05, 4.69) is 51.4 Å². The summed E-state index contributed by atoms with van der Waals surface area (Å²) in [5.74, 6) is -0.981. The Morgan fingerprint density at radius 3 is 2.37 bits per heavy atom. The normalized spacial score (nSPS) is 11.3. The van der Waals surface area contributed by atoms with Crippen LogP contribution < -0.4 is 0 Å². The number of carbonyl (C=O) groups is 1. The quantitative estimate of drug-likeness (QED) is 0.409. The van der Waals surface area contributed by atoms with E-state index in [-0.39, 0.29) is 5.56 Å². The molecule has 4 nitrogen and oxygen atoms in total. The second kappa shape index (κ2) is 7.80. The van der Waals surface area contributed by atoms with Gasteiger partial charge in [0.05, 0.1) is 17.2 Å². The molecule has 27 heavy (non-hydrogen) atoms. The third-order valence-electron chi connectivity index (χ3n) is 4.40. The average molecular weight is 468 g/mol. The highest BCUT2D eigenvalue weighted by Gasteiger charge is 2.11. The van der Waals surface area contributed by atoms with E-state index in [1.54, 1.807) is 12.1 Å². The Balaban J connectivity index is 2.04. The summed E-state index contributed by atoms with van der Waals surface area (Å²) in [5.41, 5.74) is 5.57. The first-order valence-corrected chi connectivity index (χ1v) is 9.39. The number of hydrogen-bond donors (Lipinski definition) is 1.